The molecule has 1 aliphatic rings. The van der Waals surface area contributed by atoms with Crippen molar-refractivity contribution in [2.75, 3.05) is 18.4 Å². The lowest BCUT2D eigenvalue weighted by atomic mass is 9.89. The zero-order valence-electron chi connectivity index (χ0n) is 17.4. The van der Waals surface area contributed by atoms with Gasteiger partial charge in [0.25, 0.3) is 0 Å². The Kier molecular flexibility index (Phi) is 5.48. The Morgan fingerprint density at radius 2 is 1.97 bits per heavy atom. The number of thiazole rings is 1. The molecule has 4 aromatic rings. The number of likely N-dealkylation sites (tertiary alicyclic amines) is 1. The maximum atomic E-state index is 11.3. The van der Waals surface area contributed by atoms with Gasteiger partial charge in [0.2, 0.25) is 5.91 Å². The summed E-state index contributed by atoms with van der Waals surface area (Å²) in [6.45, 7) is 4.42. The summed E-state index contributed by atoms with van der Waals surface area (Å²) >= 11 is 1.54. The number of rotatable bonds is 5. The fourth-order valence-electron chi connectivity index (χ4n) is 4.13. The van der Waals surface area contributed by atoms with Crippen LogP contribution in [0.1, 0.15) is 36.9 Å². The average Bonchev–Trinajstić information content (AvgIpc) is 3.40. The molecule has 1 N–H and O–H groups in total. The molecule has 1 fully saturated rings. The quantitative estimate of drug-likeness (QED) is 0.511. The van der Waals surface area contributed by atoms with E-state index in [1.54, 1.807) is 0 Å². The summed E-state index contributed by atoms with van der Waals surface area (Å²) in [7, 11) is 0. The van der Waals surface area contributed by atoms with Gasteiger partial charge in [-0.2, -0.15) is 0 Å². The highest BCUT2D eigenvalue weighted by molar-refractivity contribution is 7.22. The first kappa shape index (κ1) is 19.8. The van der Waals surface area contributed by atoms with Crippen LogP contribution in [0.25, 0.3) is 15.9 Å². The standard InChI is InChI=1S/C23H24N6OS/c1-16(30)24-23-25-21-8-7-18(13-22(21)31-23)17-9-11-28(12-10-17)14-19-15-29(27-26-19)20-5-3-2-4-6-20/h2-8,13,15,17H,9-12,14H2,1H3,(H,24,25,30). The van der Waals surface area contributed by atoms with Crippen molar-refractivity contribution in [1.29, 1.82) is 0 Å². The van der Waals surface area contributed by atoms with Gasteiger partial charge in [-0.25, -0.2) is 9.67 Å². The van der Waals surface area contributed by atoms with Crippen molar-refractivity contribution >= 4 is 32.6 Å². The van der Waals surface area contributed by atoms with Crippen LogP contribution >= 0.6 is 11.3 Å². The number of benzene rings is 2. The summed E-state index contributed by atoms with van der Waals surface area (Å²) in [6, 6.07) is 16.6. The largest absolute Gasteiger partial charge is 0.302 e. The third-order valence-electron chi connectivity index (χ3n) is 5.70. The number of nitrogens with one attached hydrogen (secondary N) is 1. The number of amides is 1. The first-order valence-electron chi connectivity index (χ1n) is 10.5. The smallest absolute Gasteiger partial charge is 0.223 e. The van der Waals surface area contributed by atoms with Crippen LogP contribution in [0.4, 0.5) is 5.13 Å². The first-order valence-corrected chi connectivity index (χ1v) is 11.3. The summed E-state index contributed by atoms with van der Waals surface area (Å²) < 4.78 is 2.96. The number of carbonyl (C=O) groups is 1. The zero-order chi connectivity index (χ0) is 21.2. The van der Waals surface area contributed by atoms with E-state index in [-0.39, 0.29) is 5.91 Å². The van der Waals surface area contributed by atoms with Crippen LogP contribution in [0.3, 0.4) is 0 Å². The minimum absolute atomic E-state index is 0.0875. The van der Waals surface area contributed by atoms with Crippen LogP contribution in [-0.4, -0.2) is 43.9 Å². The number of hydrogen-bond donors (Lipinski definition) is 1. The summed E-state index contributed by atoms with van der Waals surface area (Å²) in [6.07, 6.45) is 4.26. The lowest BCUT2D eigenvalue weighted by Crippen LogP contribution is -2.32. The van der Waals surface area contributed by atoms with Gasteiger partial charge in [-0.1, -0.05) is 40.8 Å². The van der Waals surface area contributed by atoms with Gasteiger partial charge in [0, 0.05) is 13.5 Å². The third-order valence-corrected chi connectivity index (χ3v) is 6.64. The van der Waals surface area contributed by atoms with Crippen molar-refractivity contribution in [1.82, 2.24) is 24.9 Å². The summed E-state index contributed by atoms with van der Waals surface area (Å²) in [5.41, 5.74) is 4.33. The number of hydrogen-bond acceptors (Lipinski definition) is 6. The van der Waals surface area contributed by atoms with Crippen molar-refractivity contribution in [3.8, 4) is 5.69 Å². The second-order valence-electron chi connectivity index (χ2n) is 7.97. The van der Waals surface area contributed by atoms with Crippen molar-refractivity contribution in [2.24, 2.45) is 0 Å². The lowest BCUT2D eigenvalue weighted by molar-refractivity contribution is -0.114. The molecule has 1 amide bonds. The van der Waals surface area contributed by atoms with Crippen LogP contribution in [0.5, 0.6) is 0 Å². The monoisotopic (exact) mass is 432 g/mol. The SMILES string of the molecule is CC(=O)Nc1nc2ccc(C3CCN(Cc4cn(-c5ccccc5)nn4)CC3)cc2s1. The minimum atomic E-state index is -0.0875. The van der Waals surface area contributed by atoms with E-state index in [2.05, 4.69) is 43.7 Å². The van der Waals surface area contributed by atoms with Crippen LogP contribution in [0, 0.1) is 0 Å². The molecule has 7 nitrogen and oxygen atoms in total. The van der Waals surface area contributed by atoms with Crippen molar-refractivity contribution < 1.29 is 4.79 Å². The number of fused-ring (bicyclic) bond motifs is 1. The topological polar surface area (TPSA) is 75.9 Å². The number of aromatic nitrogens is 4. The molecule has 0 bridgehead atoms. The Balaban J connectivity index is 1.20. The Morgan fingerprint density at radius 3 is 2.74 bits per heavy atom. The Labute approximate surface area is 184 Å². The highest BCUT2D eigenvalue weighted by Crippen LogP contribution is 2.33. The van der Waals surface area contributed by atoms with Crippen molar-refractivity contribution in [3.05, 3.63) is 66.0 Å². The lowest BCUT2D eigenvalue weighted by Gasteiger charge is -2.31. The Bertz CT molecular complexity index is 1190. The van der Waals surface area contributed by atoms with Gasteiger partial charge >= 0.3 is 0 Å². The molecule has 5 rings (SSSR count). The van der Waals surface area contributed by atoms with Crippen molar-refractivity contribution in [3.63, 3.8) is 0 Å². The normalized spacial score (nSPS) is 15.4. The van der Waals surface area contributed by atoms with E-state index in [1.807, 2.05) is 41.2 Å². The second kappa shape index (κ2) is 8.56. The molecule has 2 aromatic carbocycles. The fourth-order valence-corrected chi connectivity index (χ4v) is 5.09. The number of para-hydroxylation sites is 1. The Morgan fingerprint density at radius 1 is 1.16 bits per heavy atom. The van der Waals surface area contributed by atoms with Crippen molar-refractivity contribution in [2.45, 2.75) is 32.2 Å². The van der Waals surface area contributed by atoms with Gasteiger partial charge in [0.15, 0.2) is 5.13 Å². The molecule has 1 saturated heterocycles. The zero-order valence-corrected chi connectivity index (χ0v) is 18.2. The summed E-state index contributed by atoms with van der Waals surface area (Å²) in [4.78, 5) is 18.2. The molecule has 0 spiro atoms. The van der Waals surface area contributed by atoms with Crippen LogP contribution in [0.2, 0.25) is 0 Å². The summed E-state index contributed by atoms with van der Waals surface area (Å²) in [5, 5.41) is 12.1. The highest BCUT2D eigenvalue weighted by atomic mass is 32.1. The molecule has 31 heavy (non-hydrogen) atoms. The molecule has 2 aromatic heterocycles. The fraction of sp³-hybridized carbons (Fsp3) is 0.304. The van der Waals surface area contributed by atoms with Crippen LogP contribution in [0.15, 0.2) is 54.7 Å². The molecule has 0 saturated carbocycles. The molecule has 0 unspecified atom stereocenters. The molecular weight excluding hydrogens is 408 g/mol. The van der Waals surface area contributed by atoms with Gasteiger partial charge in [0.05, 0.1) is 27.8 Å². The molecule has 3 heterocycles. The third kappa shape index (κ3) is 4.50. The molecule has 0 radical (unpaired) electrons. The molecule has 0 atom stereocenters. The molecule has 8 heteroatoms. The van der Waals surface area contributed by atoms with E-state index in [4.69, 9.17) is 0 Å². The number of nitrogens with zero attached hydrogens (tertiary/aromatic N) is 5. The van der Waals surface area contributed by atoms with Gasteiger partial charge in [0.1, 0.15) is 0 Å². The predicted molar refractivity (Wildman–Crippen MR) is 123 cm³/mol. The highest BCUT2D eigenvalue weighted by Gasteiger charge is 2.22. The second-order valence-corrected chi connectivity index (χ2v) is 9.00. The Hall–Kier alpha value is -3.10. The maximum Gasteiger partial charge on any atom is 0.223 e. The van der Waals surface area contributed by atoms with Gasteiger partial charge in [-0.05, 0) is 61.7 Å². The minimum Gasteiger partial charge on any atom is -0.302 e. The maximum absolute atomic E-state index is 11.3. The van der Waals surface area contributed by atoms with E-state index in [0.29, 0.717) is 11.0 Å². The van der Waals surface area contributed by atoms with E-state index in [0.717, 1.165) is 54.1 Å². The van der Waals surface area contributed by atoms with E-state index >= 15 is 0 Å². The van der Waals surface area contributed by atoms with Crippen LogP contribution in [-0.2, 0) is 11.3 Å². The number of carbonyl (C=O) groups excluding carboxylic acids is 1. The van der Waals surface area contributed by atoms with Crippen LogP contribution < -0.4 is 5.32 Å². The van der Waals surface area contributed by atoms with E-state index < -0.39 is 0 Å². The predicted octanol–water partition coefficient (Wildman–Crippen LogP) is 4.22. The van der Waals surface area contributed by atoms with E-state index in [9.17, 15) is 4.79 Å². The van der Waals surface area contributed by atoms with E-state index in [1.165, 1.54) is 23.8 Å². The van der Waals surface area contributed by atoms with Gasteiger partial charge in [-0.15, -0.1) is 5.10 Å². The van der Waals surface area contributed by atoms with Gasteiger partial charge < -0.3 is 5.32 Å². The summed E-state index contributed by atoms with van der Waals surface area (Å²) in [5.74, 6) is 0.461. The first-order chi connectivity index (χ1) is 15.1. The molecule has 0 aliphatic carbocycles. The number of anilines is 1. The number of piperidine rings is 1. The molecule has 1 aliphatic heterocycles. The average molecular weight is 433 g/mol. The molecule has 158 valence electrons. The van der Waals surface area contributed by atoms with Gasteiger partial charge in [-0.3, -0.25) is 9.69 Å². The molecular formula is C23H24N6OS.